The molecule has 32 heavy (non-hydrogen) atoms. The fourth-order valence-electron chi connectivity index (χ4n) is 3.55. The van der Waals surface area contributed by atoms with Crippen molar-refractivity contribution in [3.8, 4) is 11.6 Å². The van der Waals surface area contributed by atoms with Gasteiger partial charge in [-0.15, -0.1) is 10.2 Å². The quantitative estimate of drug-likeness (QED) is 0.642. The molecule has 1 aliphatic heterocycles. The molecule has 1 aliphatic rings. The third-order valence-electron chi connectivity index (χ3n) is 5.19. The topological polar surface area (TPSA) is 98.1 Å². The summed E-state index contributed by atoms with van der Waals surface area (Å²) in [5.41, 5.74) is -0.872. The monoisotopic (exact) mass is 447 g/mol. The number of hydrogen-bond donors (Lipinski definition) is 1. The molecule has 0 spiro atoms. The highest BCUT2D eigenvalue weighted by Gasteiger charge is 2.32. The van der Waals surface area contributed by atoms with Gasteiger partial charge in [-0.05, 0) is 43.2 Å². The largest absolute Gasteiger partial charge is 0.495 e. The second kappa shape index (κ2) is 8.81. The molecule has 2 aromatic heterocycles. The Balaban J connectivity index is 1.46. The van der Waals surface area contributed by atoms with Gasteiger partial charge in [-0.1, -0.05) is 0 Å². The number of amides is 1. The van der Waals surface area contributed by atoms with E-state index in [4.69, 9.17) is 4.74 Å². The lowest BCUT2D eigenvalue weighted by atomic mass is 9.97. The van der Waals surface area contributed by atoms with Gasteiger partial charge in [-0.3, -0.25) is 4.79 Å². The van der Waals surface area contributed by atoms with E-state index in [-0.39, 0.29) is 17.3 Å². The van der Waals surface area contributed by atoms with Gasteiger partial charge >= 0.3 is 6.18 Å². The van der Waals surface area contributed by atoms with Gasteiger partial charge in [0.25, 0.3) is 0 Å². The van der Waals surface area contributed by atoms with Crippen LogP contribution >= 0.6 is 0 Å². The Bertz CT molecular complexity index is 1070. The van der Waals surface area contributed by atoms with Crippen LogP contribution in [0, 0.1) is 5.92 Å². The first-order chi connectivity index (χ1) is 15.3. The van der Waals surface area contributed by atoms with E-state index in [0.717, 1.165) is 18.6 Å². The predicted molar refractivity (Wildman–Crippen MR) is 109 cm³/mol. The van der Waals surface area contributed by atoms with Crippen molar-refractivity contribution in [3.63, 3.8) is 0 Å². The van der Waals surface area contributed by atoms with Crippen molar-refractivity contribution in [2.75, 3.05) is 30.4 Å². The molecule has 0 aliphatic carbocycles. The number of rotatable bonds is 5. The molecule has 1 aromatic carbocycles. The lowest BCUT2D eigenvalue weighted by molar-refractivity contribution is -0.137. The molecule has 1 saturated heterocycles. The first kappa shape index (κ1) is 21.5. The normalized spacial score (nSPS) is 16.6. The predicted octanol–water partition coefficient (Wildman–Crippen LogP) is 2.94. The summed E-state index contributed by atoms with van der Waals surface area (Å²) >= 11 is 0. The van der Waals surface area contributed by atoms with E-state index in [1.165, 1.54) is 30.5 Å². The van der Waals surface area contributed by atoms with Crippen LogP contribution in [-0.2, 0) is 11.0 Å². The molecule has 4 rings (SSSR count). The minimum atomic E-state index is -4.52. The van der Waals surface area contributed by atoms with E-state index in [1.54, 1.807) is 12.1 Å². The Hall–Kier alpha value is -3.70. The summed E-state index contributed by atoms with van der Waals surface area (Å²) in [5.74, 6) is 0.463. The molecule has 12 heteroatoms. The molecule has 1 fully saturated rings. The van der Waals surface area contributed by atoms with Crippen LogP contribution in [0.15, 0.2) is 43.0 Å². The number of ether oxygens (including phenoxy) is 1. The molecule has 1 amide bonds. The van der Waals surface area contributed by atoms with Crippen LogP contribution in [0.2, 0.25) is 0 Å². The Labute approximate surface area is 181 Å². The van der Waals surface area contributed by atoms with Crippen molar-refractivity contribution in [3.05, 3.63) is 48.5 Å². The van der Waals surface area contributed by atoms with Gasteiger partial charge in [0.15, 0.2) is 11.6 Å². The lowest BCUT2D eigenvalue weighted by Gasteiger charge is -2.32. The maximum atomic E-state index is 13.1. The zero-order chi connectivity index (χ0) is 22.7. The highest BCUT2D eigenvalue weighted by atomic mass is 19.4. The van der Waals surface area contributed by atoms with E-state index < -0.39 is 17.7 Å². The maximum absolute atomic E-state index is 13.1. The summed E-state index contributed by atoms with van der Waals surface area (Å²) < 4.78 is 45.8. The van der Waals surface area contributed by atoms with Gasteiger partial charge in [-0.25, -0.2) is 9.67 Å². The van der Waals surface area contributed by atoms with Crippen LogP contribution < -0.4 is 15.0 Å². The Morgan fingerprint density at radius 2 is 1.97 bits per heavy atom. The Morgan fingerprint density at radius 1 is 1.19 bits per heavy atom. The second-order valence-electron chi connectivity index (χ2n) is 7.28. The number of piperidine rings is 1. The van der Waals surface area contributed by atoms with Crippen molar-refractivity contribution in [2.45, 2.75) is 19.0 Å². The van der Waals surface area contributed by atoms with Crippen LogP contribution in [-0.4, -0.2) is 51.1 Å². The van der Waals surface area contributed by atoms with Crippen LogP contribution in [0.1, 0.15) is 18.4 Å². The number of hydrogen-bond acceptors (Lipinski definition) is 7. The number of nitrogens with zero attached hydrogens (tertiary/aromatic N) is 6. The average molecular weight is 447 g/mol. The van der Waals surface area contributed by atoms with Gasteiger partial charge in [-0.2, -0.15) is 18.3 Å². The highest BCUT2D eigenvalue weighted by molar-refractivity contribution is 5.94. The number of halogens is 3. The summed E-state index contributed by atoms with van der Waals surface area (Å²) in [7, 11) is 1.34. The molecule has 0 radical (unpaired) electrons. The standard InChI is InChI=1S/C20H20F3N7O2/c1-32-16-5-4-14(20(21,22)23)9-15(16)26-19(31)13-3-2-8-29(10-13)17-6-7-18(28-27-17)30-12-24-11-25-30/h4-7,9,11-13H,2-3,8,10H2,1H3,(H,26,31). The molecule has 3 aromatic rings. The number of benzene rings is 1. The average Bonchev–Trinajstić information content (AvgIpc) is 3.34. The summed E-state index contributed by atoms with van der Waals surface area (Å²) in [5, 5.41) is 14.9. The Kier molecular flexibility index (Phi) is 5.93. The zero-order valence-electron chi connectivity index (χ0n) is 17.1. The number of anilines is 2. The highest BCUT2D eigenvalue weighted by Crippen LogP contribution is 2.35. The molecule has 1 atom stereocenters. The molecule has 1 N–H and O–H groups in total. The SMILES string of the molecule is COc1ccc(C(F)(F)F)cc1NC(=O)C1CCCN(c2ccc(-n3cncn3)nn2)C1. The van der Waals surface area contributed by atoms with Crippen LogP contribution in [0.3, 0.4) is 0 Å². The van der Waals surface area contributed by atoms with Crippen molar-refractivity contribution in [2.24, 2.45) is 5.92 Å². The van der Waals surface area contributed by atoms with Crippen LogP contribution in [0.4, 0.5) is 24.7 Å². The molecule has 1 unspecified atom stereocenters. The van der Waals surface area contributed by atoms with E-state index in [9.17, 15) is 18.0 Å². The van der Waals surface area contributed by atoms with Gasteiger partial charge in [0.1, 0.15) is 18.4 Å². The summed E-state index contributed by atoms with van der Waals surface area (Å²) in [4.78, 5) is 18.6. The third-order valence-corrected chi connectivity index (χ3v) is 5.19. The van der Waals surface area contributed by atoms with Gasteiger partial charge in [0.2, 0.25) is 5.91 Å². The second-order valence-corrected chi connectivity index (χ2v) is 7.28. The maximum Gasteiger partial charge on any atom is 0.416 e. The molecular formula is C20H20F3N7O2. The zero-order valence-corrected chi connectivity index (χ0v) is 17.1. The van der Waals surface area contributed by atoms with E-state index in [1.807, 2.05) is 4.90 Å². The van der Waals surface area contributed by atoms with Crippen molar-refractivity contribution in [1.82, 2.24) is 25.0 Å². The first-order valence-electron chi connectivity index (χ1n) is 9.85. The number of carbonyl (C=O) groups excluding carboxylic acids is 1. The van der Waals surface area contributed by atoms with Crippen molar-refractivity contribution in [1.29, 1.82) is 0 Å². The van der Waals surface area contributed by atoms with Gasteiger partial charge in [0, 0.05) is 13.1 Å². The molecule has 0 saturated carbocycles. The van der Waals surface area contributed by atoms with E-state index in [2.05, 4.69) is 25.6 Å². The van der Waals surface area contributed by atoms with Crippen LogP contribution in [0.5, 0.6) is 5.75 Å². The number of aromatic nitrogens is 5. The van der Waals surface area contributed by atoms with Gasteiger partial charge in [0.05, 0.1) is 24.3 Å². The van der Waals surface area contributed by atoms with Crippen molar-refractivity contribution < 1.29 is 22.7 Å². The minimum absolute atomic E-state index is 0.0126. The number of carbonyl (C=O) groups is 1. The summed E-state index contributed by atoms with van der Waals surface area (Å²) in [6.07, 6.45) is -0.293. The van der Waals surface area contributed by atoms with Crippen molar-refractivity contribution >= 4 is 17.4 Å². The number of nitrogens with one attached hydrogen (secondary N) is 1. The number of methoxy groups -OCH3 is 1. The fraction of sp³-hybridized carbons (Fsp3) is 0.350. The number of alkyl halides is 3. The molecule has 3 heterocycles. The molecular weight excluding hydrogens is 427 g/mol. The summed E-state index contributed by atoms with van der Waals surface area (Å²) in [6.45, 7) is 1.05. The minimum Gasteiger partial charge on any atom is -0.495 e. The fourth-order valence-corrected chi connectivity index (χ4v) is 3.55. The molecule has 0 bridgehead atoms. The lowest BCUT2D eigenvalue weighted by Crippen LogP contribution is -2.41. The first-order valence-corrected chi connectivity index (χ1v) is 9.85. The molecule has 168 valence electrons. The summed E-state index contributed by atoms with van der Waals surface area (Å²) in [6, 6.07) is 6.51. The smallest absolute Gasteiger partial charge is 0.416 e. The van der Waals surface area contributed by atoms with Crippen LogP contribution in [0.25, 0.3) is 5.82 Å². The van der Waals surface area contributed by atoms with Gasteiger partial charge < -0.3 is 15.0 Å². The molecule has 9 nitrogen and oxygen atoms in total. The van der Waals surface area contributed by atoms with E-state index in [0.29, 0.717) is 31.1 Å². The van der Waals surface area contributed by atoms with E-state index >= 15 is 0 Å². The third kappa shape index (κ3) is 4.63. The Morgan fingerprint density at radius 3 is 2.62 bits per heavy atom.